The molecule has 0 aromatic heterocycles. The van der Waals surface area contributed by atoms with Crippen molar-refractivity contribution in [3.63, 3.8) is 0 Å². The quantitative estimate of drug-likeness (QED) is 0.722. The zero-order valence-electron chi connectivity index (χ0n) is 16.5. The molecule has 1 aromatic rings. The summed E-state index contributed by atoms with van der Waals surface area (Å²) in [4.78, 5) is 14.3. The first-order valence-corrected chi connectivity index (χ1v) is 11.3. The van der Waals surface area contributed by atoms with E-state index in [0.717, 1.165) is 12.8 Å². The third kappa shape index (κ3) is 4.95. The molecule has 0 radical (unpaired) electrons. The number of piperazine rings is 1. The van der Waals surface area contributed by atoms with E-state index in [2.05, 4.69) is 12.2 Å². The van der Waals surface area contributed by atoms with Gasteiger partial charge in [0.1, 0.15) is 13.2 Å². The van der Waals surface area contributed by atoms with Gasteiger partial charge in [0.05, 0.1) is 11.4 Å². The van der Waals surface area contributed by atoms with Crippen LogP contribution < -0.4 is 14.8 Å². The standard InChI is InChI=1S/C19H29N3O5S/c1-3-4-15(2)20-19(23)14-21-7-9-22(10-8-21)28(24,25)16-5-6-17-18(13-16)27-12-11-26-17/h5-6,13,15H,3-4,7-12,14H2,1-2H3,(H,20,23)/t15-/m1/s1. The van der Waals surface area contributed by atoms with Crippen LogP contribution >= 0.6 is 0 Å². The zero-order chi connectivity index (χ0) is 20.1. The van der Waals surface area contributed by atoms with Gasteiger partial charge in [-0.15, -0.1) is 0 Å². The fourth-order valence-corrected chi connectivity index (χ4v) is 4.93. The Kier molecular flexibility index (Phi) is 6.79. The monoisotopic (exact) mass is 411 g/mol. The smallest absolute Gasteiger partial charge is 0.243 e. The summed E-state index contributed by atoms with van der Waals surface area (Å²) in [6.45, 7) is 7.02. The Balaban J connectivity index is 1.56. The first-order valence-electron chi connectivity index (χ1n) is 9.81. The molecule has 2 heterocycles. The minimum atomic E-state index is -3.60. The van der Waals surface area contributed by atoms with E-state index in [4.69, 9.17) is 9.47 Å². The van der Waals surface area contributed by atoms with Crippen molar-refractivity contribution in [2.45, 2.75) is 37.6 Å². The molecule has 1 aromatic carbocycles. The van der Waals surface area contributed by atoms with Crippen molar-refractivity contribution < 1.29 is 22.7 Å². The van der Waals surface area contributed by atoms with Gasteiger partial charge in [-0.1, -0.05) is 13.3 Å². The van der Waals surface area contributed by atoms with Crippen LogP contribution in [0.5, 0.6) is 11.5 Å². The zero-order valence-corrected chi connectivity index (χ0v) is 17.3. The Morgan fingerprint density at radius 1 is 1.14 bits per heavy atom. The second-order valence-electron chi connectivity index (χ2n) is 7.24. The molecular weight excluding hydrogens is 382 g/mol. The first-order chi connectivity index (χ1) is 13.4. The largest absolute Gasteiger partial charge is 0.486 e. The number of rotatable bonds is 7. The molecule has 3 rings (SSSR count). The third-order valence-electron chi connectivity index (χ3n) is 4.98. The molecular formula is C19H29N3O5S. The van der Waals surface area contributed by atoms with Crippen LogP contribution in [-0.4, -0.2) is 75.5 Å². The molecule has 2 aliphatic rings. The maximum Gasteiger partial charge on any atom is 0.243 e. The van der Waals surface area contributed by atoms with Gasteiger partial charge in [0, 0.05) is 38.3 Å². The Bertz CT molecular complexity index is 791. The van der Waals surface area contributed by atoms with Crippen LogP contribution in [0.2, 0.25) is 0 Å². The fraction of sp³-hybridized carbons (Fsp3) is 0.632. The average molecular weight is 412 g/mol. The summed E-state index contributed by atoms with van der Waals surface area (Å²) >= 11 is 0. The number of carbonyl (C=O) groups excluding carboxylic acids is 1. The number of carbonyl (C=O) groups is 1. The Labute approximate surface area is 166 Å². The molecule has 156 valence electrons. The molecule has 9 heteroatoms. The highest BCUT2D eigenvalue weighted by atomic mass is 32.2. The van der Waals surface area contributed by atoms with E-state index in [9.17, 15) is 13.2 Å². The topological polar surface area (TPSA) is 88.2 Å². The van der Waals surface area contributed by atoms with E-state index in [0.29, 0.717) is 57.4 Å². The number of amides is 1. The molecule has 1 fully saturated rings. The minimum absolute atomic E-state index is 0.0101. The summed E-state index contributed by atoms with van der Waals surface area (Å²) in [5.41, 5.74) is 0. The van der Waals surface area contributed by atoms with Crippen LogP contribution in [0.25, 0.3) is 0 Å². The van der Waals surface area contributed by atoms with Crippen molar-refractivity contribution in [3.05, 3.63) is 18.2 Å². The highest BCUT2D eigenvalue weighted by Crippen LogP contribution is 2.33. The summed E-state index contributed by atoms with van der Waals surface area (Å²) in [7, 11) is -3.60. The Morgan fingerprint density at radius 2 is 1.82 bits per heavy atom. The van der Waals surface area contributed by atoms with Gasteiger partial charge >= 0.3 is 0 Å². The van der Waals surface area contributed by atoms with Crippen LogP contribution in [0.1, 0.15) is 26.7 Å². The summed E-state index contributed by atoms with van der Waals surface area (Å²) in [5.74, 6) is 1.02. The molecule has 2 aliphatic heterocycles. The highest BCUT2D eigenvalue weighted by Gasteiger charge is 2.30. The molecule has 1 atom stereocenters. The number of sulfonamides is 1. The van der Waals surface area contributed by atoms with E-state index in [-0.39, 0.29) is 16.8 Å². The SMILES string of the molecule is CCC[C@@H](C)NC(=O)CN1CCN(S(=O)(=O)c2ccc3c(c2)OCCO3)CC1. The molecule has 1 N–H and O–H groups in total. The lowest BCUT2D eigenvalue weighted by atomic mass is 10.2. The minimum Gasteiger partial charge on any atom is -0.486 e. The van der Waals surface area contributed by atoms with Gasteiger partial charge in [0.15, 0.2) is 11.5 Å². The number of nitrogens with one attached hydrogen (secondary N) is 1. The van der Waals surface area contributed by atoms with E-state index in [1.807, 2.05) is 11.8 Å². The second-order valence-corrected chi connectivity index (χ2v) is 9.18. The number of hydrogen-bond acceptors (Lipinski definition) is 6. The first kappa shape index (κ1) is 20.9. The van der Waals surface area contributed by atoms with Gasteiger partial charge in [-0.3, -0.25) is 9.69 Å². The van der Waals surface area contributed by atoms with Gasteiger partial charge in [-0.25, -0.2) is 8.42 Å². The number of benzene rings is 1. The fourth-order valence-electron chi connectivity index (χ4n) is 3.49. The molecule has 0 saturated carbocycles. The van der Waals surface area contributed by atoms with Crippen LogP contribution in [0, 0.1) is 0 Å². The normalized spacial score (nSPS) is 19.2. The van der Waals surface area contributed by atoms with Crippen molar-refractivity contribution in [3.8, 4) is 11.5 Å². The molecule has 1 saturated heterocycles. The summed E-state index contributed by atoms with van der Waals surface area (Å²) in [6, 6.07) is 4.88. The maximum absolute atomic E-state index is 13.0. The van der Waals surface area contributed by atoms with Gasteiger partial charge in [-0.05, 0) is 25.5 Å². The van der Waals surface area contributed by atoms with Gasteiger partial charge < -0.3 is 14.8 Å². The van der Waals surface area contributed by atoms with E-state index in [1.165, 1.54) is 10.4 Å². The Morgan fingerprint density at radius 3 is 2.50 bits per heavy atom. The van der Waals surface area contributed by atoms with Crippen LogP contribution in [0.4, 0.5) is 0 Å². The highest BCUT2D eigenvalue weighted by molar-refractivity contribution is 7.89. The van der Waals surface area contributed by atoms with Crippen molar-refractivity contribution in [1.29, 1.82) is 0 Å². The van der Waals surface area contributed by atoms with Gasteiger partial charge in [0.25, 0.3) is 0 Å². The van der Waals surface area contributed by atoms with Crippen molar-refractivity contribution >= 4 is 15.9 Å². The third-order valence-corrected chi connectivity index (χ3v) is 6.87. The van der Waals surface area contributed by atoms with E-state index >= 15 is 0 Å². The number of fused-ring (bicyclic) bond motifs is 1. The molecule has 0 spiro atoms. The lowest BCUT2D eigenvalue weighted by Crippen LogP contribution is -2.51. The lowest BCUT2D eigenvalue weighted by Gasteiger charge is -2.33. The number of hydrogen-bond donors (Lipinski definition) is 1. The molecule has 8 nitrogen and oxygen atoms in total. The summed E-state index contributed by atoms with van der Waals surface area (Å²) < 4.78 is 38.3. The number of nitrogens with zero attached hydrogens (tertiary/aromatic N) is 2. The maximum atomic E-state index is 13.0. The van der Waals surface area contributed by atoms with Gasteiger partial charge in [-0.2, -0.15) is 4.31 Å². The molecule has 1 amide bonds. The predicted octanol–water partition coefficient (Wildman–Crippen LogP) is 1.07. The van der Waals surface area contributed by atoms with Crippen LogP contribution in [-0.2, 0) is 14.8 Å². The van der Waals surface area contributed by atoms with Crippen molar-refractivity contribution in [1.82, 2.24) is 14.5 Å². The average Bonchev–Trinajstić information content (AvgIpc) is 2.68. The van der Waals surface area contributed by atoms with Crippen LogP contribution in [0.3, 0.4) is 0 Å². The second kappa shape index (κ2) is 9.11. The lowest BCUT2D eigenvalue weighted by molar-refractivity contribution is -0.123. The van der Waals surface area contributed by atoms with E-state index < -0.39 is 10.0 Å². The van der Waals surface area contributed by atoms with Gasteiger partial charge in [0.2, 0.25) is 15.9 Å². The summed E-state index contributed by atoms with van der Waals surface area (Å²) in [6.07, 6.45) is 1.98. The molecule has 28 heavy (non-hydrogen) atoms. The van der Waals surface area contributed by atoms with Crippen LogP contribution in [0.15, 0.2) is 23.1 Å². The molecule has 0 unspecified atom stereocenters. The predicted molar refractivity (Wildman–Crippen MR) is 105 cm³/mol. The van der Waals surface area contributed by atoms with E-state index in [1.54, 1.807) is 12.1 Å². The Hall–Kier alpha value is -1.84. The molecule has 0 bridgehead atoms. The van der Waals surface area contributed by atoms with Crippen molar-refractivity contribution in [2.75, 3.05) is 45.9 Å². The number of ether oxygens (including phenoxy) is 2. The molecule has 0 aliphatic carbocycles. The summed E-state index contributed by atoms with van der Waals surface area (Å²) in [5, 5.41) is 2.99. The van der Waals surface area contributed by atoms with Crippen molar-refractivity contribution in [2.24, 2.45) is 0 Å².